The third kappa shape index (κ3) is 5.62. The summed E-state index contributed by atoms with van der Waals surface area (Å²) in [6, 6.07) is 16.5. The van der Waals surface area contributed by atoms with E-state index < -0.39 is 6.04 Å². The second-order valence-electron chi connectivity index (χ2n) is 6.18. The molecule has 1 atom stereocenters. The average Bonchev–Trinajstić information content (AvgIpc) is 2.64. The molecule has 0 aliphatic carbocycles. The predicted molar refractivity (Wildman–Crippen MR) is 102 cm³/mol. The Morgan fingerprint density at radius 2 is 1.85 bits per heavy atom. The smallest absolute Gasteiger partial charge is 0.261 e. The number of hydrogen-bond acceptors (Lipinski definition) is 3. The number of ether oxygens (including phenoxy) is 1. The maximum absolute atomic E-state index is 12.8. The quantitative estimate of drug-likeness (QED) is 0.793. The minimum atomic E-state index is -0.581. The Bertz CT molecular complexity index is 731. The Balaban J connectivity index is 2.12. The lowest BCUT2D eigenvalue weighted by atomic mass is 10.1. The van der Waals surface area contributed by atoms with Gasteiger partial charge in [0.15, 0.2) is 6.61 Å². The molecule has 0 aliphatic heterocycles. The summed E-state index contributed by atoms with van der Waals surface area (Å²) in [4.78, 5) is 26.6. The van der Waals surface area contributed by atoms with Crippen LogP contribution < -0.4 is 10.1 Å². The average molecular weight is 354 g/mol. The van der Waals surface area contributed by atoms with E-state index in [1.54, 1.807) is 24.0 Å². The van der Waals surface area contributed by atoms with Gasteiger partial charge in [-0.05, 0) is 38.5 Å². The fourth-order valence-electron chi connectivity index (χ4n) is 2.66. The summed E-state index contributed by atoms with van der Waals surface area (Å²) >= 11 is 0. The molecular weight excluding hydrogens is 328 g/mol. The molecule has 138 valence electrons. The molecule has 2 rings (SSSR count). The van der Waals surface area contributed by atoms with E-state index in [1.807, 2.05) is 56.3 Å². The van der Waals surface area contributed by atoms with E-state index in [0.29, 0.717) is 18.8 Å². The normalized spacial score (nSPS) is 11.5. The number of likely N-dealkylation sites (N-methyl/N-ethyl adjacent to an activating group) is 1. The Morgan fingerprint density at radius 1 is 1.12 bits per heavy atom. The Labute approximate surface area is 155 Å². The van der Waals surface area contributed by atoms with Crippen LogP contribution >= 0.6 is 0 Å². The molecule has 0 bridgehead atoms. The van der Waals surface area contributed by atoms with Crippen LogP contribution in [0.1, 0.15) is 25.0 Å². The van der Waals surface area contributed by atoms with Crippen molar-refractivity contribution < 1.29 is 14.3 Å². The highest BCUT2D eigenvalue weighted by atomic mass is 16.5. The van der Waals surface area contributed by atoms with E-state index in [4.69, 9.17) is 4.74 Å². The summed E-state index contributed by atoms with van der Waals surface area (Å²) in [5.41, 5.74) is 2.09. The van der Waals surface area contributed by atoms with Gasteiger partial charge in [-0.15, -0.1) is 0 Å². The van der Waals surface area contributed by atoms with Crippen molar-refractivity contribution in [3.63, 3.8) is 0 Å². The highest BCUT2D eigenvalue weighted by Crippen LogP contribution is 2.13. The Morgan fingerprint density at radius 3 is 2.50 bits per heavy atom. The van der Waals surface area contributed by atoms with Crippen molar-refractivity contribution in [2.75, 3.05) is 13.2 Å². The molecule has 0 heterocycles. The van der Waals surface area contributed by atoms with Gasteiger partial charge in [0.2, 0.25) is 5.91 Å². The van der Waals surface area contributed by atoms with E-state index in [0.717, 1.165) is 11.1 Å². The molecule has 0 radical (unpaired) electrons. The maximum atomic E-state index is 12.8. The van der Waals surface area contributed by atoms with Crippen LogP contribution in [0.5, 0.6) is 5.75 Å². The summed E-state index contributed by atoms with van der Waals surface area (Å²) in [5, 5.41) is 2.78. The van der Waals surface area contributed by atoms with Crippen LogP contribution in [0.3, 0.4) is 0 Å². The number of para-hydroxylation sites is 1. The van der Waals surface area contributed by atoms with Crippen LogP contribution in [0.15, 0.2) is 54.6 Å². The van der Waals surface area contributed by atoms with E-state index in [2.05, 4.69) is 5.32 Å². The van der Waals surface area contributed by atoms with Crippen molar-refractivity contribution in [3.8, 4) is 5.75 Å². The van der Waals surface area contributed by atoms with Crippen LogP contribution in [-0.4, -0.2) is 35.9 Å². The highest BCUT2D eigenvalue weighted by molar-refractivity contribution is 5.87. The molecule has 0 unspecified atom stereocenters. The maximum Gasteiger partial charge on any atom is 0.261 e. The second kappa shape index (κ2) is 9.61. The molecule has 5 nitrogen and oxygen atoms in total. The van der Waals surface area contributed by atoms with Crippen molar-refractivity contribution in [1.29, 1.82) is 0 Å². The molecule has 0 aromatic heterocycles. The van der Waals surface area contributed by atoms with Crippen molar-refractivity contribution in [2.24, 2.45) is 0 Å². The number of rotatable bonds is 8. The molecule has 2 aromatic rings. The number of carbonyl (C=O) groups is 2. The van der Waals surface area contributed by atoms with Gasteiger partial charge in [-0.3, -0.25) is 9.59 Å². The number of aryl methyl sites for hydroxylation is 1. The molecule has 2 aromatic carbocycles. The molecule has 2 amide bonds. The first kappa shape index (κ1) is 19.5. The van der Waals surface area contributed by atoms with Crippen LogP contribution in [0, 0.1) is 6.92 Å². The Kier molecular flexibility index (Phi) is 7.21. The van der Waals surface area contributed by atoms with E-state index in [-0.39, 0.29) is 18.4 Å². The van der Waals surface area contributed by atoms with Crippen LogP contribution in [0.25, 0.3) is 0 Å². The summed E-state index contributed by atoms with van der Waals surface area (Å²) in [7, 11) is 0. The zero-order valence-corrected chi connectivity index (χ0v) is 15.6. The number of carbonyl (C=O) groups excluding carboxylic acids is 2. The molecule has 0 saturated carbocycles. The van der Waals surface area contributed by atoms with Gasteiger partial charge in [-0.2, -0.15) is 0 Å². The molecular formula is C21H26N2O3. The van der Waals surface area contributed by atoms with Gasteiger partial charge in [-0.1, -0.05) is 48.0 Å². The number of nitrogens with one attached hydrogen (secondary N) is 1. The molecule has 0 saturated heterocycles. The van der Waals surface area contributed by atoms with Gasteiger partial charge in [-0.25, -0.2) is 0 Å². The minimum absolute atomic E-state index is 0.112. The first-order valence-electron chi connectivity index (χ1n) is 8.81. The summed E-state index contributed by atoms with van der Waals surface area (Å²) in [6.45, 7) is 6.37. The topological polar surface area (TPSA) is 58.6 Å². The van der Waals surface area contributed by atoms with Crippen LogP contribution in [0.2, 0.25) is 0 Å². The Hall–Kier alpha value is -2.82. The van der Waals surface area contributed by atoms with E-state index in [9.17, 15) is 9.59 Å². The fraction of sp³-hybridized carbons (Fsp3) is 0.333. The molecule has 0 aliphatic rings. The van der Waals surface area contributed by atoms with Gasteiger partial charge in [0.25, 0.3) is 5.91 Å². The SMILES string of the molecule is CCNC(=O)[C@H](C)N(Cc1cccc(C)c1)C(=O)COc1ccccc1. The number of nitrogens with zero attached hydrogens (tertiary/aromatic N) is 1. The van der Waals surface area contributed by atoms with Crippen molar-refractivity contribution in [3.05, 3.63) is 65.7 Å². The first-order valence-corrected chi connectivity index (χ1v) is 8.81. The summed E-state index contributed by atoms with van der Waals surface area (Å²) in [6.07, 6.45) is 0. The van der Waals surface area contributed by atoms with Crippen molar-refractivity contribution in [2.45, 2.75) is 33.4 Å². The second-order valence-corrected chi connectivity index (χ2v) is 6.18. The third-order valence-electron chi connectivity index (χ3n) is 4.06. The third-order valence-corrected chi connectivity index (χ3v) is 4.06. The van der Waals surface area contributed by atoms with Crippen molar-refractivity contribution in [1.82, 2.24) is 10.2 Å². The van der Waals surface area contributed by atoms with Gasteiger partial charge in [0.1, 0.15) is 11.8 Å². The lowest BCUT2D eigenvalue weighted by molar-refractivity contribution is -0.142. The van der Waals surface area contributed by atoms with Gasteiger partial charge in [0.05, 0.1) is 0 Å². The first-order chi connectivity index (χ1) is 12.5. The minimum Gasteiger partial charge on any atom is -0.484 e. The zero-order valence-electron chi connectivity index (χ0n) is 15.6. The number of amides is 2. The van der Waals surface area contributed by atoms with E-state index in [1.165, 1.54) is 0 Å². The summed E-state index contributed by atoms with van der Waals surface area (Å²) in [5.74, 6) is 0.226. The molecule has 26 heavy (non-hydrogen) atoms. The van der Waals surface area contributed by atoms with Gasteiger partial charge in [0, 0.05) is 13.1 Å². The fourth-order valence-corrected chi connectivity index (χ4v) is 2.66. The van der Waals surface area contributed by atoms with Gasteiger partial charge < -0.3 is 15.0 Å². The largest absolute Gasteiger partial charge is 0.484 e. The monoisotopic (exact) mass is 354 g/mol. The van der Waals surface area contributed by atoms with E-state index >= 15 is 0 Å². The predicted octanol–water partition coefficient (Wildman–Crippen LogP) is 2.93. The lowest BCUT2D eigenvalue weighted by Crippen LogP contribution is -2.49. The van der Waals surface area contributed by atoms with Gasteiger partial charge >= 0.3 is 0 Å². The van der Waals surface area contributed by atoms with Crippen molar-refractivity contribution >= 4 is 11.8 Å². The lowest BCUT2D eigenvalue weighted by Gasteiger charge is -2.28. The highest BCUT2D eigenvalue weighted by Gasteiger charge is 2.26. The van der Waals surface area contributed by atoms with Crippen LogP contribution in [0.4, 0.5) is 0 Å². The standard InChI is InChI=1S/C21H26N2O3/c1-4-22-21(25)17(3)23(14-18-10-8-9-16(2)13-18)20(24)15-26-19-11-6-5-7-12-19/h5-13,17H,4,14-15H2,1-3H3,(H,22,25)/t17-/m0/s1. The number of benzene rings is 2. The molecule has 5 heteroatoms. The molecule has 1 N–H and O–H groups in total. The molecule has 0 spiro atoms. The molecule has 0 fully saturated rings. The zero-order chi connectivity index (χ0) is 18.9. The summed E-state index contributed by atoms with van der Waals surface area (Å²) < 4.78 is 5.58. The van der Waals surface area contributed by atoms with Crippen LogP contribution in [-0.2, 0) is 16.1 Å². The number of hydrogen-bond donors (Lipinski definition) is 1.